The van der Waals surface area contributed by atoms with E-state index in [1.165, 1.54) is 0 Å². The highest BCUT2D eigenvalue weighted by molar-refractivity contribution is 6.29. The molecule has 0 saturated heterocycles. The Morgan fingerprint density at radius 3 is 2.71 bits per heavy atom. The average molecular weight is 308 g/mol. The van der Waals surface area contributed by atoms with E-state index < -0.39 is 0 Å². The minimum Gasteiger partial charge on any atom is -0.491 e. The highest BCUT2D eigenvalue weighted by Crippen LogP contribution is 2.29. The summed E-state index contributed by atoms with van der Waals surface area (Å²) < 4.78 is 10.7. The summed E-state index contributed by atoms with van der Waals surface area (Å²) in [6.45, 7) is 1.00. The summed E-state index contributed by atoms with van der Waals surface area (Å²) >= 11 is 5.82. The summed E-state index contributed by atoms with van der Waals surface area (Å²) in [5.41, 5.74) is 4.63. The predicted molar refractivity (Wildman–Crippen MR) is 82.2 cm³/mol. The van der Waals surface area contributed by atoms with Crippen molar-refractivity contribution in [2.75, 3.05) is 20.3 Å². The molecule has 0 bridgehead atoms. The summed E-state index contributed by atoms with van der Waals surface area (Å²) in [7, 11) is 1.64. The van der Waals surface area contributed by atoms with Crippen LogP contribution in [-0.2, 0) is 4.74 Å². The lowest BCUT2D eigenvalue weighted by atomic mass is 10.00. The number of hydrazine groups is 1. The molecule has 1 aromatic carbocycles. The largest absolute Gasteiger partial charge is 0.491 e. The number of aromatic nitrogens is 1. The number of nitrogens with zero attached hydrogens (tertiary/aromatic N) is 1. The monoisotopic (exact) mass is 307 g/mol. The number of hydrogen-bond donors (Lipinski definition) is 2. The molecule has 0 saturated carbocycles. The van der Waals surface area contributed by atoms with Gasteiger partial charge in [0, 0.05) is 18.9 Å². The van der Waals surface area contributed by atoms with Gasteiger partial charge in [-0.3, -0.25) is 5.84 Å². The van der Waals surface area contributed by atoms with E-state index in [4.69, 9.17) is 26.9 Å². The molecule has 1 aromatic heterocycles. The molecule has 0 amide bonds. The Kier molecular flexibility index (Phi) is 5.95. The third kappa shape index (κ3) is 4.15. The Morgan fingerprint density at radius 2 is 2.05 bits per heavy atom. The van der Waals surface area contributed by atoms with Crippen LogP contribution in [0.4, 0.5) is 0 Å². The quantitative estimate of drug-likeness (QED) is 0.355. The number of hydrogen-bond acceptors (Lipinski definition) is 5. The van der Waals surface area contributed by atoms with E-state index in [1.54, 1.807) is 19.4 Å². The van der Waals surface area contributed by atoms with E-state index in [0.717, 1.165) is 16.9 Å². The topological polar surface area (TPSA) is 69.4 Å². The van der Waals surface area contributed by atoms with Gasteiger partial charge in [0.15, 0.2) is 0 Å². The number of rotatable bonds is 7. The van der Waals surface area contributed by atoms with Crippen LogP contribution in [0.3, 0.4) is 0 Å². The number of ether oxygens (including phenoxy) is 2. The van der Waals surface area contributed by atoms with Gasteiger partial charge in [0.25, 0.3) is 0 Å². The third-order valence-corrected chi connectivity index (χ3v) is 3.25. The van der Waals surface area contributed by atoms with Gasteiger partial charge in [0.1, 0.15) is 17.5 Å². The molecule has 0 aliphatic carbocycles. The van der Waals surface area contributed by atoms with E-state index in [1.807, 2.05) is 30.3 Å². The van der Waals surface area contributed by atoms with Crippen LogP contribution >= 0.6 is 11.6 Å². The number of nitrogens with one attached hydrogen (secondary N) is 1. The Hall–Kier alpha value is -1.66. The molecule has 0 aliphatic rings. The van der Waals surface area contributed by atoms with E-state index in [-0.39, 0.29) is 6.04 Å². The first-order valence-electron chi connectivity index (χ1n) is 6.54. The maximum absolute atomic E-state index is 5.82. The molecule has 5 nitrogen and oxygen atoms in total. The summed E-state index contributed by atoms with van der Waals surface area (Å²) in [5, 5.41) is 0.444. The average Bonchev–Trinajstić information content (AvgIpc) is 2.51. The standard InChI is InChI=1S/C15H18ClN3O2/c1-20-8-9-21-13-5-3-2-4-12(13)15(19-17)11-6-7-14(16)18-10-11/h2-7,10,15,19H,8-9,17H2,1H3. The van der Waals surface area contributed by atoms with E-state index in [0.29, 0.717) is 18.4 Å². The number of halogens is 1. The Morgan fingerprint density at radius 1 is 1.24 bits per heavy atom. The first-order valence-corrected chi connectivity index (χ1v) is 6.92. The molecule has 0 aliphatic heterocycles. The summed E-state index contributed by atoms with van der Waals surface area (Å²) in [6, 6.07) is 11.1. The van der Waals surface area contributed by atoms with Gasteiger partial charge >= 0.3 is 0 Å². The molecule has 2 aromatic rings. The van der Waals surface area contributed by atoms with Crippen molar-refractivity contribution >= 4 is 11.6 Å². The van der Waals surface area contributed by atoms with Crippen molar-refractivity contribution < 1.29 is 9.47 Å². The van der Waals surface area contributed by atoms with Crippen LogP contribution in [0.25, 0.3) is 0 Å². The zero-order chi connectivity index (χ0) is 15.1. The maximum Gasteiger partial charge on any atom is 0.129 e. The van der Waals surface area contributed by atoms with Crippen molar-refractivity contribution in [3.05, 3.63) is 58.9 Å². The minimum absolute atomic E-state index is 0.228. The van der Waals surface area contributed by atoms with Crippen molar-refractivity contribution in [3.63, 3.8) is 0 Å². The van der Waals surface area contributed by atoms with Gasteiger partial charge in [-0.1, -0.05) is 35.9 Å². The van der Waals surface area contributed by atoms with Crippen LogP contribution in [0.5, 0.6) is 5.75 Å². The van der Waals surface area contributed by atoms with Crippen LogP contribution in [0.2, 0.25) is 5.15 Å². The Labute approximate surface area is 129 Å². The van der Waals surface area contributed by atoms with Crippen molar-refractivity contribution in [2.45, 2.75) is 6.04 Å². The molecule has 3 N–H and O–H groups in total. The molecule has 2 rings (SSSR count). The molecular weight excluding hydrogens is 290 g/mol. The predicted octanol–water partition coefficient (Wildman–Crippen LogP) is 2.31. The highest BCUT2D eigenvalue weighted by atomic mass is 35.5. The fourth-order valence-corrected chi connectivity index (χ4v) is 2.12. The molecule has 0 fully saturated rings. The number of nitrogens with two attached hydrogens (primary N) is 1. The molecule has 0 spiro atoms. The summed E-state index contributed by atoms with van der Waals surface area (Å²) in [5.74, 6) is 6.46. The lowest BCUT2D eigenvalue weighted by Gasteiger charge is -2.20. The zero-order valence-electron chi connectivity index (χ0n) is 11.8. The smallest absolute Gasteiger partial charge is 0.129 e. The zero-order valence-corrected chi connectivity index (χ0v) is 12.5. The number of benzene rings is 1. The van der Waals surface area contributed by atoms with Crippen LogP contribution < -0.4 is 16.0 Å². The maximum atomic E-state index is 5.82. The van der Waals surface area contributed by atoms with E-state index in [2.05, 4.69) is 10.4 Å². The van der Waals surface area contributed by atoms with Gasteiger partial charge in [-0.15, -0.1) is 0 Å². The molecule has 112 valence electrons. The summed E-state index contributed by atoms with van der Waals surface area (Å²) in [6.07, 6.45) is 1.69. The van der Waals surface area contributed by atoms with Crippen LogP contribution in [0.15, 0.2) is 42.6 Å². The van der Waals surface area contributed by atoms with Crippen molar-refractivity contribution in [1.82, 2.24) is 10.4 Å². The Balaban J connectivity index is 2.27. The lowest BCUT2D eigenvalue weighted by Crippen LogP contribution is -2.29. The minimum atomic E-state index is -0.228. The molecule has 1 unspecified atom stereocenters. The van der Waals surface area contributed by atoms with Crippen molar-refractivity contribution in [1.29, 1.82) is 0 Å². The first-order chi connectivity index (χ1) is 10.3. The Bertz CT molecular complexity index is 563. The second-order valence-electron chi connectivity index (χ2n) is 4.39. The molecular formula is C15H18ClN3O2. The second kappa shape index (κ2) is 7.95. The molecule has 6 heteroatoms. The number of methoxy groups -OCH3 is 1. The lowest BCUT2D eigenvalue weighted by molar-refractivity contribution is 0.145. The van der Waals surface area contributed by atoms with Gasteiger partial charge in [-0.2, -0.15) is 0 Å². The number of pyridine rings is 1. The van der Waals surface area contributed by atoms with Gasteiger partial charge in [0.2, 0.25) is 0 Å². The van der Waals surface area contributed by atoms with E-state index >= 15 is 0 Å². The SMILES string of the molecule is COCCOc1ccccc1C(NN)c1ccc(Cl)nc1. The van der Waals surface area contributed by atoms with Gasteiger partial charge in [0.05, 0.1) is 12.6 Å². The second-order valence-corrected chi connectivity index (χ2v) is 4.78. The van der Waals surface area contributed by atoms with Crippen molar-refractivity contribution in [2.24, 2.45) is 5.84 Å². The molecule has 21 heavy (non-hydrogen) atoms. The van der Waals surface area contributed by atoms with Crippen LogP contribution in [0, 0.1) is 0 Å². The first kappa shape index (κ1) is 15.7. The van der Waals surface area contributed by atoms with Gasteiger partial charge in [-0.05, 0) is 17.7 Å². The van der Waals surface area contributed by atoms with Gasteiger partial charge in [-0.25, -0.2) is 10.4 Å². The van der Waals surface area contributed by atoms with Crippen LogP contribution in [-0.4, -0.2) is 25.3 Å². The molecule has 1 heterocycles. The fourth-order valence-electron chi connectivity index (χ4n) is 2.01. The summed E-state index contributed by atoms with van der Waals surface area (Å²) in [4.78, 5) is 4.09. The number of para-hydroxylation sites is 1. The van der Waals surface area contributed by atoms with Crippen LogP contribution in [0.1, 0.15) is 17.2 Å². The van der Waals surface area contributed by atoms with E-state index in [9.17, 15) is 0 Å². The van der Waals surface area contributed by atoms with Gasteiger partial charge < -0.3 is 9.47 Å². The highest BCUT2D eigenvalue weighted by Gasteiger charge is 2.17. The molecule has 1 atom stereocenters. The normalized spacial score (nSPS) is 12.1. The third-order valence-electron chi connectivity index (χ3n) is 3.03. The van der Waals surface area contributed by atoms with Crippen molar-refractivity contribution in [3.8, 4) is 5.75 Å². The molecule has 0 radical (unpaired) electrons. The fraction of sp³-hybridized carbons (Fsp3) is 0.267.